The fraction of sp³-hybridized carbons (Fsp3) is 0.182. The van der Waals surface area contributed by atoms with E-state index in [1.807, 2.05) is 0 Å². The molecule has 6 heteroatoms. The molecule has 0 fully saturated rings. The Morgan fingerprint density at radius 1 is 1.53 bits per heavy atom. The molecule has 0 atom stereocenters. The zero-order chi connectivity index (χ0) is 12.4. The van der Waals surface area contributed by atoms with E-state index in [4.69, 9.17) is 9.84 Å². The molecule has 1 aromatic heterocycles. The number of ether oxygens (including phenoxy) is 1. The second-order valence-corrected chi connectivity index (χ2v) is 3.50. The maximum atomic E-state index is 11.6. The molecule has 88 valence electrons. The second kappa shape index (κ2) is 4.25. The summed E-state index contributed by atoms with van der Waals surface area (Å²) < 4.78 is 4.84. The number of aromatic nitrogens is 2. The summed E-state index contributed by atoms with van der Waals surface area (Å²) in [5.41, 5.74) is 0.697. The Labute approximate surface area is 95.9 Å². The summed E-state index contributed by atoms with van der Waals surface area (Å²) in [5, 5.41) is 9.08. The van der Waals surface area contributed by atoms with Gasteiger partial charge in [0.25, 0.3) is 11.6 Å². The lowest BCUT2D eigenvalue weighted by molar-refractivity contribution is -0.136. The van der Waals surface area contributed by atoms with Crippen molar-refractivity contribution < 1.29 is 14.6 Å². The number of hydrogen-bond donors (Lipinski definition) is 2. The highest BCUT2D eigenvalue weighted by Crippen LogP contribution is 2.13. The van der Waals surface area contributed by atoms with Crippen molar-refractivity contribution in [3.05, 3.63) is 34.1 Å². The Bertz CT molecular complexity index is 633. The van der Waals surface area contributed by atoms with Gasteiger partial charge in [0.1, 0.15) is 0 Å². The molecule has 0 aliphatic heterocycles. The Morgan fingerprint density at radius 3 is 2.94 bits per heavy atom. The van der Waals surface area contributed by atoms with E-state index in [1.54, 1.807) is 18.2 Å². The van der Waals surface area contributed by atoms with Crippen LogP contribution in [0.2, 0.25) is 0 Å². The maximum Gasteiger partial charge on any atom is 0.307 e. The molecule has 17 heavy (non-hydrogen) atoms. The quantitative estimate of drug-likeness (QED) is 0.809. The molecule has 0 amide bonds. The lowest BCUT2D eigenvalue weighted by atomic mass is 10.1. The minimum Gasteiger partial charge on any atom is -0.481 e. The standard InChI is InChI=1S/C11H10N2O4/c1-17-11-12-8-4-6(5-9(14)15)2-3-7(8)10(16)13-11/h2-4H,5H2,1H3,(H,14,15)(H,12,13,16). The van der Waals surface area contributed by atoms with Crippen molar-refractivity contribution in [2.45, 2.75) is 6.42 Å². The number of aromatic amines is 1. The number of rotatable bonds is 3. The second-order valence-electron chi connectivity index (χ2n) is 3.50. The van der Waals surface area contributed by atoms with Gasteiger partial charge in [0.15, 0.2) is 0 Å². The van der Waals surface area contributed by atoms with Gasteiger partial charge in [0, 0.05) is 0 Å². The van der Waals surface area contributed by atoms with Crippen molar-refractivity contribution in [3.63, 3.8) is 0 Å². The topological polar surface area (TPSA) is 92.3 Å². The van der Waals surface area contributed by atoms with Crippen molar-refractivity contribution in [2.75, 3.05) is 7.11 Å². The third-order valence-electron chi connectivity index (χ3n) is 2.30. The summed E-state index contributed by atoms with van der Waals surface area (Å²) in [6, 6.07) is 4.83. The van der Waals surface area contributed by atoms with Gasteiger partial charge in [-0.3, -0.25) is 14.6 Å². The van der Waals surface area contributed by atoms with Gasteiger partial charge >= 0.3 is 5.97 Å². The highest BCUT2D eigenvalue weighted by atomic mass is 16.5. The largest absolute Gasteiger partial charge is 0.481 e. The molecule has 0 unspecified atom stereocenters. The van der Waals surface area contributed by atoms with Crippen molar-refractivity contribution >= 4 is 16.9 Å². The van der Waals surface area contributed by atoms with Crippen molar-refractivity contribution in [1.82, 2.24) is 9.97 Å². The van der Waals surface area contributed by atoms with Crippen LogP contribution in [-0.2, 0) is 11.2 Å². The number of hydrogen-bond acceptors (Lipinski definition) is 4. The summed E-state index contributed by atoms with van der Waals surface area (Å²) in [6.45, 7) is 0. The molecule has 0 radical (unpaired) electrons. The first-order valence-corrected chi connectivity index (χ1v) is 4.89. The number of fused-ring (bicyclic) bond motifs is 1. The van der Waals surface area contributed by atoms with Gasteiger partial charge in [-0.15, -0.1) is 0 Å². The molecular formula is C11H10N2O4. The minimum absolute atomic E-state index is 0.104. The Kier molecular flexibility index (Phi) is 2.78. The highest BCUT2D eigenvalue weighted by Gasteiger charge is 2.06. The predicted molar refractivity (Wildman–Crippen MR) is 60.3 cm³/mol. The molecule has 2 rings (SSSR count). The van der Waals surface area contributed by atoms with Crippen LogP contribution < -0.4 is 10.3 Å². The van der Waals surface area contributed by atoms with Crippen LogP contribution in [-0.4, -0.2) is 28.2 Å². The van der Waals surface area contributed by atoms with E-state index in [2.05, 4.69) is 9.97 Å². The van der Waals surface area contributed by atoms with Crippen molar-refractivity contribution in [1.29, 1.82) is 0 Å². The van der Waals surface area contributed by atoms with Crippen LogP contribution >= 0.6 is 0 Å². The third kappa shape index (κ3) is 2.25. The zero-order valence-electron chi connectivity index (χ0n) is 9.06. The van der Waals surface area contributed by atoms with Crippen LogP contribution in [0.5, 0.6) is 6.01 Å². The predicted octanol–water partition coefficient (Wildman–Crippen LogP) is 0.559. The molecule has 0 aliphatic rings. The van der Waals surface area contributed by atoms with E-state index in [9.17, 15) is 9.59 Å². The average Bonchev–Trinajstić information content (AvgIpc) is 2.27. The summed E-state index contributed by atoms with van der Waals surface area (Å²) in [6.07, 6.45) is -0.104. The van der Waals surface area contributed by atoms with Crippen LogP contribution in [0.1, 0.15) is 5.56 Å². The Hall–Kier alpha value is -2.37. The van der Waals surface area contributed by atoms with E-state index >= 15 is 0 Å². The third-order valence-corrected chi connectivity index (χ3v) is 2.30. The SMILES string of the molecule is COc1nc2cc(CC(=O)O)ccc2c(=O)[nH]1. The van der Waals surface area contributed by atoms with E-state index in [0.29, 0.717) is 16.5 Å². The first-order chi connectivity index (χ1) is 8.10. The Morgan fingerprint density at radius 2 is 2.29 bits per heavy atom. The average molecular weight is 234 g/mol. The van der Waals surface area contributed by atoms with Crippen LogP contribution in [0.25, 0.3) is 10.9 Å². The number of methoxy groups -OCH3 is 1. The fourth-order valence-electron chi connectivity index (χ4n) is 1.54. The number of carboxylic acids is 1. The molecular weight excluding hydrogens is 224 g/mol. The normalized spacial score (nSPS) is 10.4. The molecule has 1 aromatic carbocycles. The number of aliphatic carboxylic acids is 1. The van der Waals surface area contributed by atoms with Gasteiger partial charge in [-0.2, -0.15) is 4.98 Å². The number of nitrogens with zero attached hydrogens (tertiary/aromatic N) is 1. The smallest absolute Gasteiger partial charge is 0.307 e. The van der Waals surface area contributed by atoms with Crippen LogP contribution in [0.3, 0.4) is 0 Å². The monoisotopic (exact) mass is 234 g/mol. The molecule has 0 saturated carbocycles. The summed E-state index contributed by atoms with van der Waals surface area (Å²) in [7, 11) is 1.39. The van der Waals surface area contributed by atoms with Gasteiger partial charge in [-0.05, 0) is 17.7 Å². The molecule has 0 saturated heterocycles. The summed E-state index contributed by atoms with van der Waals surface area (Å²) >= 11 is 0. The van der Waals surface area contributed by atoms with E-state index in [0.717, 1.165) is 0 Å². The number of benzene rings is 1. The van der Waals surface area contributed by atoms with Crippen LogP contribution in [0, 0.1) is 0 Å². The van der Waals surface area contributed by atoms with Gasteiger partial charge < -0.3 is 9.84 Å². The number of nitrogens with one attached hydrogen (secondary N) is 1. The van der Waals surface area contributed by atoms with Crippen LogP contribution in [0.15, 0.2) is 23.0 Å². The van der Waals surface area contributed by atoms with Crippen molar-refractivity contribution in [2.24, 2.45) is 0 Å². The van der Waals surface area contributed by atoms with E-state index in [-0.39, 0.29) is 18.0 Å². The highest BCUT2D eigenvalue weighted by molar-refractivity contribution is 5.80. The summed E-state index contributed by atoms with van der Waals surface area (Å²) in [4.78, 5) is 28.7. The minimum atomic E-state index is -0.929. The van der Waals surface area contributed by atoms with Gasteiger partial charge in [0.05, 0.1) is 24.4 Å². The number of H-pyrrole nitrogens is 1. The number of carboxylic acid groups (broad SMARTS) is 1. The molecule has 6 nitrogen and oxygen atoms in total. The molecule has 0 bridgehead atoms. The molecule has 0 spiro atoms. The fourth-order valence-corrected chi connectivity index (χ4v) is 1.54. The van der Waals surface area contributed by atoms with E-state index < -0.39 is 5.97 Å². The van der Waals surface area contributed by atoms with E-state index in [1.165, 1.54) is 7.11 Å². The molecule has 0 aliphatic carbocycles. The maximum absolute atomic E-state index is 11.6. The van der Waals surface area contributed by atoms with Gasteiger partial charge in [0.2, 0.25) is 0 Å². The first kappa shape index (κ1) is 11.1. The first-order valence-electron chi connectivity index (χ1n) is 4.89. The lowest BCUT2D eigenvalue weighted by Gasteiger charge is -2.02. The molecule has 2 N–H and O–H groups in total. The van der Waals surface area contributed by atoms with Crippen LogP contribution in [0.4, 0.5) is 0 Å². The lowest BCUT2D eigenvalue weighted by Crippen LogP contribution is -2.10. The summed E-state index contributed by atoms with van der Waals surface area (Å²) in [5.74, 6) is -0.929. The van der Waals surface area contributed by atoms with Crippen molar-refractivity contribution in [3.8, 4) is 6.01 Å². The van der Waals surface area contributed by atoms with Gasteiger partial charge in [-0.25, -0.2) is 0 Å². The molecule has 2 aromatic rings. The zero-order valence-corrected chi connectivity index (χ0v) is 9.06. The molecule has 1 heterocycles. The van der Waals surface area contributed by atoms with Gasteiger partial charge in [-0.1, -0.05) is 6.07 Å². The number of carbonyl (C=O) groups is 1. The Balaban J connectivity index is 2.59.